The van der Waals surface area contributed by atoms with Gasteiger partial charge in [-0.1, -0.05) is 11.8 Å². The summed E-state index contributed by atoms with van der Waals surface area (Å²) in [6.45, 7) is 3.57. The van der Waals surface area contributed by atoms with Gasteiger partial charge < -0.3 is 11.1 Å². The van der Waals surface area contributed by atoms with E-state index in [-0.39, 0.29) is 23.9 Å². The van der Waals surface area contributed by atoms with Crippen LogP contribution >= 0.6 is 23.1 Å². The van der Waals surface area contributed by atoms with Crippen molar-refractivity contribution in [3.63, 3.8) is 0 Å². The lowest BCUT2D eigenvalue weighted by molar-refractivity contribution is -0.119. The smallest absolute Gasteiger partial charge is 0.321 e. The van der Waals surface area contributed by atoms with Gasteiger partial charge in [-0.2, -0.15) is 0 Å². The van der Waals surface area contributed by atoms with Gasteiger partial charge in [0.25, 0.3) is 0 Å². The van der Waals surface area contributed by atoms with E-state index in [1.165, 1.54) is 42.4 Å². The van der Waals surface area contributed by atoms with Crippen molar-refractivity contribution in [2.24, 2.45) is 23.5 Å². The first-order chi connectivity index (χ1) is 13.7. The van der Waals surface area contributed by atoms with Gasteiger partial charge in [0.2, 0.25) is 11.8 Å². The predicted octanol–water partition coefficient (Wildman–Crippen LogP) is 2.75. The average Bonchev–Trinajstić information content (AvgIpc) is 2.91. The third-order valence-corrected chi connectivity index (χ3v) is 8.86. The maximum atomic E-state index is 12.6. The number of carbonyl (C=O) groups is 3. The van der Waals surface area contributed by atoms with Crippen molar-refractivity contribution < 1.29 is 14.4 Å². The lowest BCUT2D eigenvalue weighted by Crippen LogP contribution is -2.62. The van der Waals surface area contributed by atoms with Gasteiger partial charge in [-0.3, -0.25) is 14.9 Å². The Morgan fingerprint density at radius 2 is 1.79 bits per heavy atom. The third-order valence-electron chi connectivity index (χ3n) is 6.51. The third kappa shape index (κ3) is 4.60. The molecule has 4 saturated carbocycles. The molecule has 4 amide bonds. The van der Waals surface area contributed by atoms with E-state index in [1.54, 1.807) is 6.92 Å². The molecule has 0 aromatic carbocycles. The zero-order valence-electron chi connectivity index (χ0n) is 16.8. The number of carbonyl (C=O) groups excluding carboxylic acids is 3. The fourth-order valence-electron chi connectivity index (χ4n) is 5.73. The molecular formula is C20H28N4O3S2. The lowest BCUT2D eigenvalue weighted by Gasteiger charge is -2.56. The Balaban J connectivity index is 1.31. The molecule has 0 spiro atoms. The van der Waals surface area contributed by atoms with E-state index < -0.39 is 11.2 Å². The number of amides is 4. The van der Waals surface area contributed by atoms with Gasteiger partial charge in [-0.25, -0.2) is 9.78 Å². The molecule has 0 aliphatic heterocycles. The summed E-state index contributed by atoms with van der Waals surface area (Å²) in [4.78, 5) is 41.4. The number of primary amides is 1. The summed E-state index contributed by atoms with van der Waals surface area (Å²) in [5, 5.41) is 5.22. The normalized spacial score (nSPS) is 30.8. The van der Waals surface area contributed by atoms with Crippen molar-refractivity contribution in [2.75, 3.05) is 0 Å². The van der Waals surface area contributed by atoms with Gasteiger partial charge in [-0.05, 0) is 70.1 Å². The Morgan fingerprint density at radius 3 is 2.34 bits per heavy atom. The second-order valence-corrected chi connectivity index (χ2v) is 11.7. The summed E-state index contributed by atoms with van der Waals surface area (Å²) in [6.07, 6.45) is 7.21. The van der Waals surface area contributed by atoms with Gasteiger partial charge in [0.15, 0.2) is 4.34 Å². The SMILES string of the molecule is Cc1nc(S[C@H](C)C(=O)NC(=O)NC23CC4CC(CC(C4)C2)C3)sc1CC(N)=O. The highest BCUT2D eigenvalue weighted by Crippen LogP contribution is 2.55. The van der Waals surface area contributed by atoms with E-state index >= 15 is 0 Å². The number of hydrogen-bond acceptors (Lipinski definition) is 6. The number of nitrogens with one attached hydrogen (secondary N) is 2. The minimum absolute atomic E-state index is 0.119. The molecule has 4 fully saturated rings. The molecule has 4 aliphatic carbocycles. The first-order valence-electron chi connectivity index (χ1n) is 10.3. The molecule has 4 N–H and O–H groups in total. The molecular weight excluding hydrogens is 408 g/mol. The minimum atomic E-state index is -0.468. The Bertz CT molecular complexity index is 802. The Kier molecular flexibility index (Phi) is 5.63. The van der Waals surface area contributed by atoms with Crippen LogP contribution in [-0.2, 0) is 16.0 Å². The lowest BCUT2D eigenvalue weighted by atomic mass is 9.53. The number of aryl methyl sites for hydroxylation is 1. The molecule has 5 rings (SSSR count). The fourth-order valence-corrected chi connectivity index (χ4v) is 8.11. The van der Waals surface area contributed by atoms with Crippen molar-refractivity contribution in [1.29, 1.82) is 0 Å². The number of thiazole rings is 1. The van der Waals surface area contributed by atoms with Crippen LogP contribution in [0.1, 0.15) is 56.0 Å². The minimum Gasteiger partial charge on any atom is -0.369 e. The van der Waals surface area contributed by atoms with Crippen molar-refractivity contribution >= 4 is 40.9 Å². The molecule has 158 valence electrons. The van der Waals surface area contributed by atoms with Gasteiger partial charge >= 0.3 is 6.03 Å². The van der Waals surface area contributed by atoms with Gasteiger partial charge in [0.05, 0.1) is 17.4 Å². The van der Waals surface area contributed by atoms with Crippen LogP contribution in [0.15, 0.2) is 4.34 Å². The maximum Gasteiger partial charge on any atom is 0.321 e. The van der Waals surface area contributed by atoms with E-state index in [0.29, 0.717) is 4.34 Å². The van der Waals surface area contributed by atoms with E-state index in [2.05, 4.69) is 15.6 Å². The summed E-state index contributed by atoms with van der Waals surface area (Å²) in [7, 11) is 0. The Labute approximate surface area is 179 Å². The molecule has 4 bridgehead atoms. The topological polar surface area (TPSA) is 114 Å². The quantitative estimate of drug-likeness (QED) is 0.593. The van der Waals surface area contributed by atoms with E-state index in [1.807, 2.05) is 6.92 Å². The molecule has 1 aromatic rings. The molecule has 0 unspecified atom stereocenters. The van der Waals surface area contributed by atoms with E-state index in [0.717, 1.165) is 47.6 Å². The highest BCUT2D eigenvalue weighted by atomic mass is 32.2. The Hall–Kier alpha value is -1.61. The predicted molar refractivity (Wildman–Crippen MR) is 113 cm³/mol. The first-order valence-corrected chi connectivity index (χ1v) is 12.0. The summed E-state index contributed by atoms with van der Waals surface area (Å²) in [5.41, 5.74) is 5.89. The van der Waals surface area contributed by atoms with Crippen molar-refractivity contribution in [2.45, 2.75) is 73.9 Å². The van der Waals surface area contributed by atoms with Crippen LogP contribution in [0.4, 0.5) is 4.79 Å². The Morgan fingerprint density at radius 1 is 1.21 bits per heavy atom. The average molecular weight is 437 g/mol. The highest BCUT2D eigenvalue weighted by Gasteiger charge is 2.51. The zero-order valence-corrected chi connectivity index (χ0v) is 18.5. The number of aromatic nitrogens is 1. The molecule has 1 heterocycles. The zero-order chi connectivity index (χ0) is 20.8. The van der Waals surface area contributed by atoms with Gasteiger partial charge in [-0.15, -0.1) is 11.3 Å². The van der Waals surface area contributed by atoms with E-state index in [4.69, 9.17) is 5.73 Å². The van der Waals surface area contributed by atoms with Crippen LogP contribution in [0.3, 0.4) is 0 Å². The van der Waals surface area contributed by atoms with Crippen LogP contribution in [0.2, 0.25) is 0 Å². The summed E-state index contributed by atoms with van der Waals surface area (Å²) < 4.78 is 0.697. The number of urea groups is 1. The molecule has 0 radical (unpaired) electrons. The largest absolute Gasteiger partial charge is 0.369 e. The number of imide groups is 1. The first kappa shape index (κ1) is 20.7. The molecule has 29 heavy (non-hydrogen) atoms. The second-order valence-electron chi connectivity index (χ2n) is 9.03. The van der Waals surface area contributed by atoms with Gasteiger partial charge in [0.1, 0.15) is 0 Å². The van der Waals surface area contributed by atoms with Crippen LogP contribution in [-0.4, -0.2) is 33.6 Å². The van der Waals surface area contributed by atoms with Crippen molar-refractivity contribution in [3.05, 3.63) is 10.6 Å². The standard InChI is InChI=1S/C20H28N4O3S2/c1-10-15(6-16(21)25)29-19(22-10)28-11(2)17(26)23-18(27)24-20-7-12-3-13(8-20)5-14(4-12)9-20/h11-14H,3-9H2,1-2H3,(H2,21,25)(H2,23,24,26,27)/t11-,12?,13?,14?,20?/m1/s1. The maximum absolute atomic E-state index is 12.6. The number of rotatable bonds is 6. The van der Waals surface area contributed by atoms with Crippen molar-refractivity contribution in [1.82, 2.24) is 15.6 Å². The molecule has 1 atom stereocenters. The van der Waals surface area contributed by atoms with Crippen LogP contribution in [0.5, 0.6) is 0 Å². The van der Waals surface area contributed by atoms with E-state index in [9.17, 15) is 14.4 Å². The molecule has 0 saturated heterocycles. The summed E-state index contributed by atoms with van der Waals surface area (Å²) >= 11 is 2.66. The molecule has 4 aliphatic rings. The monoisotopic (exact) mass is 436 g/mol. The highest BCUT2D eigenvalue weighted by molar-refractivity contribution is 8.02. The van der Waals surface area contributed by atoms with Crippen LogP contribution in [0.25, 0.3) is 0 Å². The van der Waals surface area contributed by atoms with Crippen LogP contribution < -0.4 is 16.4 Å². The summed E-state index contributed by atoms with van der Waals surface area (Å²) in [6, 6.07) is -0.380. The van der Waals surface area contributed by atoms with Gasteiger partial charge in [0, 0.05) is 10.4 Å². The van der Waals surface area contributed by atoms with Crippen molar-refractivity contribution in [3.8, 4) is 0 Å². The number of nitrogens with two attached hydrogens (primary N) is 1. The fraction of sp³-hybridized carbons (Fsp3) is 0.700. The molecule has 1 aromatic heterocycles. The number of hydrogen-bond donors (Lipinski definition) is 3. The molecule has 7 nitrogen and oxygen atoms in total. The number of thioether (sulfide) groups is 1. The summed E-state index contributed by atoms with van der Waals surface area (Å²) in [5.74, 6) is 1.46. The molecule has 9 heteroatoms. The number of nitrogens with zero attached hydrogens (tertiary/aromatic N) is 1. The van der Waals surface area contributed by atoms with Crippen LogP contribution in [0, 0.1) is 24.7 Å². The second kappa shape index (κ2) is 7.91.